The molecule has 0 fully saturated rings. The Bertz CT molecular complexity index is 1020. The molecule has 0 aliphatic carbocycles. The van der Waals surface area contributed by atoms with E-state index in [-0.39, 0.29) is 0 Å². The summed E-state index contributed by atoms with van der Waals surface area (Å²) in [6, 6.07) is 34.1. The molecule has 4 rings (SSSR count). The predicted molar refractivity (Wildman–Crippen MR) is 132 cm³/mol. The Balaban J connectivity index is 1.26. The van der Waals surface area contributed by atoms with Crippen LogP contribution in [0, 0.1) is 0 Å². The number of hydrogen-bond acceptors (Lipinski definition) is 2. The van der Waals surface area contributed by atoms with Gasteiger partial charge in [0.15, 0.2) is 0 Å². The molecule has 0 heterocycles. The van der Waals surface area contributed by atoms with Crippen molar-refractivity contribution < 1.29 is 0 Å². The molecule has 0 spiro atoms. The van der Waals surface area contributed by atoms with Crippen molar-refractivity contribution in [3.8, 4) is 0 Å². The molecule has 0 saturated heterocycles. The average Bonchev–Trinajstić information content (AvgIpc) is 2.79. The molecule has 0 bridgehead atoms. The van der Waals surface area contributed by atoms with E-state index in [1.54, 1.807) is 0 Å². The van der Waals surface area contributed by atoms with Crippen molar-refractivity contribution in [3.63, 3.8) is 0 Å². The van der Waals surface area contributed by atoms with Gasteiger partial charge in [0.1, 0.15) is 0 Å². The summed E-state index contributed by atoms with van der Waals surface area (Å²) < 4.78 is 0. The number of nitrogen functional groups attached to an aromatic ring is 2. The van der Waals surface area contributed by atoms with E-state index in [4.69, 9.17) is 11.5 Å². The van der Waals surface area contributed by atoms with E-state index in [2.05, 4.69) is 60.7 Å². The molecule has 156 valence electrons. The van der Waals surface area contributed by atoms with Crippen molar-refractivity contribution in [2.75, 3.05) is 11.5 Å². The highest BCUT2D eigenvalue weighted by molar-refractivity contribution is 5.49. The molecule has 0 atom stereocenters. The maximum absolute atomic E-state index is 6.07. The number of nitrogens with two attached hydrogens (primary N) is 2. The third kappa shape index (κ3) is 5.76. The van der Waals surface area contributed by atoms with Crippen molar-refractivity contribution in [2.24, 2.45) is 0 Å². The van der Waals surface area contributed by atoms with Gasteiger partial charge in [-0.1, -0.05) is 84.9 Å². The van der Waals surface area contributed by atoms with Crippen LogP contribution in [0.4, 0.5) is 11.4 Å². The quantitative estimate of drug-likeness (QED) is 0.342. The molecule has 4 aromatic carbocycles. The van der Waals surface area contributed by atoms with Gasteiger partial charge < -0.3 is 11.5 Å². The second-order valence-electron chi connectivity index (χ2n) is 8.24. The van der Waals surface area contributed by atoms with Crippen LogP contribution in [0.15, 0.2) is 97.1 Å². The summed E-state index contributed by atoms with van der Waals surface area (Å²) in [5.74, 6) is 0. The lowest BCUT2D eigenvalue weighted by Gasteiger charge is -2.08. The highest BCUT2D eigenvalue weighted by Gasteiger charge is 2.03. The first-order valence-corrected chi connectivity index (χ1v) is 11.0. The molecule has 0 aromatic heterocycles. The average molecular weight is 407 g/mol. The van der Waals surface area contributed by atoms with Crippen LogP contribution in [0.3, 0.4) is 0 Å². The van der Waals surface area contributed by atoms with Crippen molar-refractivity contribution in [3.05, 3.63) is 130 Å². The molecule has 2 heteroatoms. The zero-order valence-electron chi connectivity index (χ0n) is 17.9. The maximum atomic E-state index is 6.07. The molecule has 4 N–H and O–H groups in total. The topological polar surface area (TPSA) is 52.0 Å². The fourth-order valence-corrected chi connectivity index (χ4v) is 3.97. The lowest BCUT2D eigenvalue weighted by molar-refractivity contribution is 0.819. The molecule has 0 amide bonds. The van der Waals surface area contributed by atoms with Crippen molar-refractivity contribution in [1.29, 1.82) is 0 Å². The fraction of sp³-hybridized carbons (Fsp3) is 0.172. The van der Waals surface area contributed by atoms with Crippen LogP contribution in [0.1, 0.15) is 39.8 Å². The smallest absolute Gasteiger partial charge is 0.0349 e. The van der Waals surface area contributed by atoms with Gasteiger partial charge in [-0.15, -0.1) is 0 Å². The zero-order chi connectivity index (χ0) is 21.5. The van der Waals surface area contributed by atoms with Gasteiger partial charge in [-0.25, -0.2) is 0 Å². The van der Waals surface area contributed by atoms with Crippen LogP contribution in [0.2, 0.25) is 0 Å². The summed E-state index contributed by atoms with van der Waals surface area (Å²) in [5.41, 5.74) is 21.6. The first kappa shape index (κ1) is 20.7. The summed E-state index contributed by atoms with van der Waals surface area (Å²) >= 11 is 0. The lowest BCUT2D eigenvalue weighted by Crippen LogP contribution is -1.96. The first-order chi connectivity index (χ1) is 15.2. The van der Waals surface area contributed by atoms with Gasteiger partial charge in [0.05, 0.1) is 0 Å². The Morgan fingerprint density at radius 1 is 0.419 bits per heavy atom. The minimum absolute atomic E-state index is 0.866. The standard InChI is InChI=1S/C29H30N2/c30-28-10-3-1-8-26(28)20-24-16-12-22(13-17-24)6-5-7-23-14-18-25(19-15-23)21-27-9-2-4-11-29(27)31/h1-4,8-19H,5-7,20-21,30-31H2. The highest BCUT2D eigenvalue weighted by Crippen LogP contribution is 2.19. The minimum atomic E-state index is 0.866. The molecule has 0 saturated carbocycles. The molecule has 4 aromatic rings. The molecule has 0 radical (unpaired) electrons. The number of benzene rings is 4. The van der Waals surface area contributed by atoms with Crippen LogP contribution in [-0.4, -0.2) is 0 Å². The van der Waals surface area contributed by atoms with Crippen LogP contribution < -0.4 is 11.5 Å². The molecule has 31 heavy (non-hydrogen) atoms. The fourth-order valence-electron chi connectivity index (χ4n) is 3.97. The van der Waals surface area contributed by atoms with Gasteiger partial charge in [0, 0.05) is 11.4 Å². The van der Waals surface area contributed by atoms with E-state index in [9.17, 15) is 0 Å². The van der Waals surface area contributed by atoms with E-state index >= 15 is 0 Å². The van der Waals surface area contributed by atoms with Crippen LogP contribution in [0.5, 0.6) is 0 Å². The molecule has 0 aliphatic heterocycles. The molecular weight excluding hydrogens is 376 g/mol. The number of rotatable bonds is 8. The molecule has 0 aliphatic rings. The zero-order valence-corrected chi connectivity index (χ0v) is 17.9. The lowest BCUT2D eigenvalue weighted by atomic mass is 9.98. The Kier molecular flexibility index (Phi) is 6.68. The Labute approximate surface area is 185 Å². The summed E-state index contributed by atoms with van der Waals surface area (Å²) in [6.07, 6.45) is 5.10. The maximum Gasteiger partial charge on any atom is 0.0349 e. The monoisotopic (exact) mass is 406 g/mol. The second-order valence-corrected chi connectivity index (χ2v) is 8.24. The van der Waals surface area contributed by atoms with Crippen molar-refractivity contribution >= 4 is 11.4 Å². The van der Waals surface area contributed by atoms with E-state index in [0.717, 1.165) is 43.5 Å². The summed E-state index contributed by atoms with van der Waals surface area (Å²) in [5, 5.41) is 0. The Hall–Kier alpha value is -3.52. The second kappa shape index (κ2) is 9.99. The predicted octanol–water partition coefficient (Wildman–Crippen LogP) is 6.21. The van der Waals surface area contributed by atoms with Gasteiger partial charge in [0.25, 0.3) is 0 Å². The van der Waals surface area contributed by atoms with E-state index < -0.39 is 0 Å². The van der Waals surface area contributed by atoms with Crippen molar-refractivity contribution in [1.82, 2.24) is 0 Å². The normalized spacial score (nSPS) is 10.8. The van der Waals surface area contributed by atoms with E-state index in [0.29, 0.717) is 0 Å². The van der Waals surface area contributed by atoms with E-state index in [1.165, 1.54) is 33.4 Å². The summed E-state index contributed by atoms with van der Waals surface area (Å²) in [4.78, 5) is 0. The van der Waals surface area contributed by atoms with Crippen LogP contribution >= 0.6 is 0 Å². The van der Waals surface area contributed by atoms with Crippen LogP contribution in [0.25, 0.3) is 0 Å². The summed E-state index contributed by atoms with van der Waals surface area (Å²) in [6.45, 7) is 0. The third-order valence-electron chi connectivity index (χ3n) is 5.88. The first-order valence-electron chi connectivity index (χ1n) is 11.0. The van der Waals surface area contributed by atoms with Gasteiger partial charge in [-0.05, 0) is 77.6 Å². The van der Waals surface area contributed by atoms with Gasteiger partial charge >= 0.3 is 0 Å². The number of aryl methyl sites for hydroxylation is 2. The molecule has 0 unspecified atom stereocenters. The number of hydrogen-bond donors (Lipinski definition) is 2. The van der Waals surface area contributed by atoms with E-state index in [1.807, 2.05) is 36.4 Å². The minimum Gasteiger partial charge on any atom is -0.398 e. The largest absolute Gasteiger partial charge is 0.398 e. The van der Waals surface area contributed by atoms with Crippen molar-refractivity contribution in [2.45, 2.75) is 32.1 Å². The van der Waals surface area contributed by atoms with Gasteiger partial charge in [-0.3, -0.25) is 0 Å². The highest BCUT2D eigenvalue weighted by atomic mass is 14.6. The van der Waals surface area contributed by atoms with Gasteiger partial charge in [0.2, 0.25) is 0 Å². The number of anilines is 2. The Morgan fingerprint density at radius 2 is 0.774 bits per heavy atom. The summed E-state index contributed by atoms with van der Waals surface area (Å²) in [7, 11) is 0. The Morgan fingerprint density at radius 3 is 1.16 bits per heavy atom. The molecule has 2 nitrogen and oxygen atoms in total. The van der Waals surface area contributed by atoms with Gasteiger partial charge in [-0.2, -0.15) is 0 Å². The number of para-hydroxylation sites is 2. The SMILES string of the molecule is Nc1ccccc1Cc1ccc(CCCc2ccc(Cc3ccccc3N)cc2)cc1. The molecular formula is C29H30N2. The van der Waals surface area contributed by atoms with Crippen LogP contribution in [-0.2, 0) is 25.7 Å². The third-order valence-corrected chi connectivity index (χ3v) is 5.88.